The van der Waals surface area contributed by atoms with Crippen molar-refractivity contribution >= 4 is 0 Å². The zero-order valence-corrected chi connectivity index (χ0v) is 10.6. The first-order valence-corrected chi connectivity index (χ1v) is 6.40. The van der Waals surface area contributed by atoms with E-state index >= 15 is 0 Å². The zero-order valence-electron chi connectivity index (χ0n) is 10.6. The van der Waals surface area contributed by atoms with Crippen molar-refractivity contribution in [1.29, 1.82) is 0 Å². The number of hydrogen-bond donors (Lipinski definition) is 1. The van der Waals surface area contributed by atoms with Crippen molar-refractivity contribution in [3.8, 4) is 5.88 Å². The van der Waals surface area contributed by atoms with Crippen LogP contribution >= 0.6 is 0 Å². The summed E-state index contributed by atoms with van der Waals surface area (Å²) in [6.07, 6.45) is 8.63. The lowest BCUT2D eigenvalue weighted by Crippen LogP contribution is -2.23. The van der Waals surface area contributed by atoms with Crippen LogP contribution in [0.4, 0.5) is 0 Å². The molecule has 0 aliphatic heterocycles. The van der Waals surface area contributed by atoms with E-state index in [2.05, 4.69) is 22.2 Å². The minimum Gasteiger partial charge on any atom is -0.473 e. The summed E-state index contributed by atoms with van der Waals surface area (Å²) >= 11 is 0. The van der Waals surface area contributed by atoms with E-state index in [4.69, 9.17) is 4.74 Å². The molecule has 4 heteroatoms. The second kappa shape index (κ2) is 5.96. The Balaban J connectivity index is 1.86. The molecule has 1 aromatic heterocycles. The Morgan fingerprint density at radius 3 is 2.59 bits per heavy atom. The lowest BCUT2D eigenvalue weighted by molar-refractivity contribution is 0.129. The van der Waals surface area contributed by atoms with E-state index in [1.54, 1.807) is 12.4 Å². The highest BCUT2D eigenvalue weighted by Crippen LogP contribution is 2.26. The van der Waals surface area contributed by atoms with Gasteiger partial charge in [0.2, 0.25) is 5.88 Å². The average Bonchev–Trinajstić information content (AvgIpc) is 2.35. The minimum absolute atomic E-state index is 0.329. The first kappa shape index (κ1) is 12.3. The smallest absolute Gasteiger partial charge is 0.232 e. The van der Waals surface area contributed by atoms with Gasteiger partial charge >= 0.3 is 0 Å². The maximum atomic E-state index is 5.84. The van der Waals surface area contributed by atoms with Crippen molar-refractivity contribution in [2.75, 3.05) is 7.05 Å². The van der Waals surface area contributed by atoms with Crippen LogP contribution in [0.3, 0.4) is 0 Å². The van der Waals surface area contributed by atoms with Crippen LogP contribution in [0.5, 0.6) is 5.88 Å². The molecule has 4 nitrogen and oxygen atoms in total. The van der Waals surface area contributed by atoms with Gasteiger partial charge in [-0.05, 0) is 38.6 Å². The van der Waals surface area contributed by atoms with E-state index in [1.165, 1.54) is 12.8 Å². The lowest BCUT2D eigenvalue weighted by Gasteiger charge is -2.26. The molecule has 94 valence electrons. The molecule has 17 heavy (non-hydrogen) atoms. The van der Waals surface area contributed by atoms with Crippen LogP contribution in [0.25, 0.3) is 0 Å². The molecule has 1 aliphatic carbocycles. The third kappa shape index (κ3) is 3.66. The Kier molecular flexibility index (Phi) is 4.31. The van der Waals surface area contributed by atoms with Crippen molar-refractivity contribution in [3.05, 3.63) is 18.1 Å². The molecule has 2 rings (SSSR count). The summed E-state index contributed by atoms with van der Waals surface area (Å²) in [6, 6.07) is 0. The normalized spacial score (nSPS) is 24.6. The second-order valence-corrected chi connectivity index (χ2v) is 4.88. The molecule has 0 radical (unpaired) electrons. The predicted molar refractivity (Wildman–Crippen MR) is 66.8 cm³/mol. The topological polar surface area (TPSA) is 47.0 Å². The van der Waals surface area contributed by atoms with Gasteiger partial charge in [-0.1, -0.05) is 6.92 Å². The Hall–Kier alpha value is -1.16. The monoisotopic (exact) mass is 235 g/mol. The molecule has 0 amide bonds. The van der Waals surface area contributed by atoms with Gasteiger partial charge in [-0.15, -0.1) is 0 Å². The quantitative estimate of drug-likeness (QED) is 0.868. The second-order valence-electron chi connectivity index (χ2n) is 4.88. The van der Waals surface area contributed by atoms with Crippen LogP contribution in [0.15, 0.2) is 12.4 Å². The van der Waals surface area contributed by atoms with Crippen LogP contribution in [0.1, 0.15) is 38.3 Å². The van der Waals surface area contributed by atoms with E-state index < -0.39 is 0 Å². The molecule has 1 saturated carbocycles. The number of rotatable bonds is 4. The van der Waals surface area contributed by atoms with Crippen LogP contribution < -0.4 is 10.1 Å². The Morgan fingerprint density at radius 2 is 2.00 bits per heavy atom. The van der Waals surface area contributed by atoms with Crippen molar-refractivity contribution in [3.63, 3.8) is 0 Å². The average molecular weight is 235 g/mol. The van der Waals surface area contributed by atoms with E-state index in [0.29, 0.717) is 12.0 Å². The molecule has 1 aromatic rings. The Labute approximate surface area is 103 Å². The number of nitrogens with one attached hydrogen (secondary N) is 1. The number of ether oxygens (including phenoxy) is 1. The highest BCUT2D eigenvalue weighted by atomic mass is 16.5. The molecular formula is C13H21N3O. The van der Waals surface area contributed by atoms with Gasteiger partial charge in [0.15, 0.2) is 0 Å². The van der Waals surface area contributed by atoms with Gasteiger partial charge in [0, 0.05) is 6.54 Å². The molecule has 1 N–H and O–H groups in total. The maximum Gasteiger partial charge on any atom is 0.232 e. The summed E-state index contributed by atoms with van der Waals surface area (Å²) in [6.45, 7) is 3.05. The first-order valence-electron chi connectivity index (χ1n) is 6.40. The predicted octanol–water partition coefficient (Wildman–Crippen LogP) is 2.15. The number of nitrogens with zero attached hydrogens (tertiary/aromatic N) is 2. The fraction of sp³-hybridized carbons (Fsp3) is 0.692. The summed E-state index contributed by atoms with van der Waals surface area (Å²) in [5.41, 5.74) is 0.942. The molecule has 0 aromatic carbocycles. The number of aromatic nitrogens is 2. The Morgan fingerprint density at radius 1 is 1.24 bits per heavy atom. The zero-order chi connectivity index (χ0) is 12.1. The SMILES string of the molecule is CNCc1cnc(OC2CCC(C)CC2)cn1. The molecule has 1 fully saturated rings. The van der Waals surface area contributed by atoms with Crippen molar-refractivity contribution in [1.82, 2.24) is 15.3 Å². The van der Waals surface area contributed by atoms with Gasteiger partial charge < -0.3 is 10.1 Å². The molecule has 1 heterocycles. The van der Waals surface area contributed by atoms with Gasteiger partial charge in [-0.3, -0.25) is 4.98 Å². The summed E-state index contributed by atoms with van der Waals surface area (Å²) in [5.74, 6) is 1.50. The van der Waals surface area contributed by atoms with Gasteiger partial charge in [-0.2, -0.15) is 0 Å². The van der Waals surface area contributed by atoms with Gasteiger partial charge in [0.25, 0.3) is 0 Å². The van der Waals surface area contributed by atoms with E-state index in [-0.39, 0.29) is 0 Å². The number of hydrogen-bond acceptors (Lipinski definition) is 4. The highest BCUT2D eigenvalue weighted by molar-refractivity contribution is 5.07. The van der Waals surface area contributed by atoms with Crippen molar-refractivity contribution in [2.45, 2.75) is 45.3 Å². The van der Waals surface area contributed by atoms with E-state index in [1.807, 2.05) is 7.05 Å². The maximum absolute atomic E-state index is 5.84. The molecule has 0 atom stereocenters. The van der Waals surface area contributed by atoms with Gasteiger partial charge in [-0.25, -0.2) is 4.98 Å². The van der Waals surface area contributed by atoms with Gasteiger partial charge in [0.1, 0.15) is 6.10 Å². The van der Waals surface area contributed by atoms with E-state index in [9.17, 15) is 0 Å². The largest absolute Gasteiger partial charge is 0.473 e. The summed E-state index contributed by atoms with van der Waals surface area (Å²) in [5, 5.41) is 3.05. The first-order chi connectivity index (χ1) is 8.28. The van der Waals surface area contributed by atoms with Crippen LogP contribution in [-0.4, -0.2) is 23.1 Å². The molecular weight excluding hydrogens is 214 g/mol. The molecule has 1 aliphatic rings. The minimum atomic E-state index is 0.329. The van der Waals surface area contributed by atoms with Crippen molar-refractivity contribution < 1.29 is 4.74 Å². The molecule has 0 spiro atoms. The summed E-state index contributed by atoms with van der Waals surface area (Å²) in [7, 11) is 1.90. The third-order valence-electron chi connectivity index (χ3n) is 3.29. The molecule has 0 bridgehead atoms. The third-order valence-corrected chi connectivity index (χ3v) is 3.29. The Bertz CT molecular complexity index is 331. The summed E-state index contributed by atoms with van der Waals surface area (Å²) < 4.78 is 5.84. The standard InChI is InChI=1S/C13H21N3O/c1-10-3-5-12(6-4-10)17-13-9-15-11(7-14-2)8-16-13/h8-10,12,14H,3-7H2,1-2H3. The lowest BCUT2D eigenvalue weighted by atomic mass is 9.89. The summed E-state index contributed by atoms with van der Waals surface area (Å²) in [4.78, 5) is 8.58. The molecule has 0 unspecified atom stereocenters. The fourth-order valence-corrected chi connectivity index (χ4v) is 2.19. The van der Waals surface area contributed by atoms with Crippen molar-refractivity contribution in [2.24, 2.45) is 5.92 Å². The van der Waals surface area contributed by atoms with Crippen LogP contribution in [0.2, 0.25) is 0 Å². The van der Waals surface area contributed by atoms with Crippen LogP contribution in [0, 0.1) is 5.92 Å². The molecule has 0 saturated heterocycles. The highest BCUT2D eigenvalue weighted by Gasteiger charge is 2.19. The van der Waals surface area contributed by atoms with E-state index in [0.717, 1.165) is 31.0 Å². The van der Waals surface area contributed by atoms with Crippen LogP contribution in [-0.2, 0) is 6.54 Å². The van der Waals surface area contributed by atoms with Gasteiger partial charge in [0.05, 0.1) is 18.1 Å². The fourth-order valence-electron chi connectivity index (χ4n) is 2.19.